The highest BCUT2D eigenvalue weighted by Gasteiger charge is 2.35. The first-order valence-electron chi connectivity index (χ1n) is 7.94. The van der Waals surface area contributed by atoms with Crippen LogP contribution < -0.4 is 10.6 Å². The number of nitrogens with zero attached hydrogens (tertiary/aromatic N) is 6. The smallest absolute Gasteiger partial charge is 0.372 e. The summed E-state index contributed by atoms with van der Waals surface area (Å²) in [6.07, 6.45) is -0.696. The van der Waals surface area contributed by atoms with Gasteiger partial charge in [0, 0.05) is 19.4 Å². The summed E-state index contributed by atoms with van der Waals surface area (Å²) in [5.41, 5.74) is -0.367. The molecular formula is C15H18F3N9. The van der Waals surface area contributed by atoms with Crippen LogP contribution in [-0.2, 0) is 11.7 Å². The van der Waals surface area contributed by atoms with Crippen LogP contribution in [0.4, 0.5) is 30.6 Å². The molecule has 0 aliphatic carbocycles. The van der Waals surface area contributed by atoms with Gasteiger partial charge in [0.2, 0.25) is 5.95 Å². The van der Waals surface area contributed by atoms with Gasteiger partial charge in [0.25, 0.3) is 0 Å². The van der Waals surface area contributed by atoms with Crippen LogP contribution in [0.1, 0.15) is 30.9 Å². The van der Waals surface area contributed by atoms with Gasteiger partial charge in [-0.15, -0.1) is 0 Å². The Balaban J connectivity index is 1.90. The van der Waals surface area contributed by atoms with Crippen molar-refractivity contribution in [1.82, 2.24) is 34.9 Å². The van der Waals surface area contributed by atoms with Gasteiger partial charge in [0.1, 0.15) is 23.2 Å². The minimum atomic E-state index is -4.54. The number of aromatic nitrogens is 7. The maximum atomic E-state index is 13.0. The van der Waals surface area contributed by atoms with Gasteiger partial charge < -0.3 is 10.6 Å². The summed E-state index contributed by atoms with van der Waals surface area (Å²) in [4.78, 5) is 11.8. The largest absolute Gasteiger partial charge is 0.421 e. The first-order chi connectivity index (χ1) is 12.6. The third-order valence-electron chi connectivity index (χ3n) is 4.04. The van der Waals surface area contributed by atoms with E-state index < -0.39 is 17.3 Å². The van der Waals surface area contributed by atoms with E-state index in [-0.39, 0.29) is 11.8 Å². The SMILES string of the molecule is CNc1nc(Nc2cn(C(C)(C)c3ncn[nH]3)nc2C)ncc1C(F)(F)F. The molecule has 0 radical (unpaired) electrons. The fourth-order valence-electron chi connectivity index (χ4n) is 2.44. The standard InChI is InChI=1S/C15H18F3N9/c1-8-10(6-27(26-8)14(2,3)12-21-7-22-25-12)23-13-20-5-9(15(16,17)18)11(19-4)24-13/h5-7H,1-4H3,(H,21,22,25)(H2,19,20,23,24). The summed E-state index contributed by atoms with van der Waals surface area (Å²) >= 11 is 0. The lowest BCUT2D eigenvalue weighted by Gasteiger charge is -2.22. The Morgan fingerprint density at radius 3 is 2.52 bits per heavy atom. The van der Waals surface area contributed by atoms with Gasteiger partial charge in [-0.3, -0.25) is 9.78 Å². The summed E-state index contributed by atoms with van der Waals surface area (Å²) in [6, 6.07) is 0. The molecule has 0 aliphatic heterocycles. The Hall–Kier alpha value is -3.18. The van der Waals surface area contributed by atoms with E-state index in [0.717, 1.165) is 6.20 Å². The van der Waals surface area contributed by atoms with Crippen molar-refractivity contribution in [2.24, 2.45) is 0 Å². The van der Waals surface area contributed by atoms with Gasteiger partial charge in [-0.1, -0.05) is 0 Å². The molecule has 12 heteroatoms. The first kappa shape index (κ1) is 18.6. The van der Waals surface area contributed by atoms with Crippen LogP contribution in [0, 0.1) is 6.92 Å². The lowest BCUT2D eigenvalue weighted by molar-refractivity contribution is -0.137. The third kappa shape index (κ3) is 3.55. The number of H-pyrrole nitrogens is 1. The van der Waals surface area contributed by atoms with Crippen LogP contribution >= 0.6 is 0 Å². The minimum absolute atomic E-state index is 0.0208. The maximum Gasteiger partial charge on any atom is 0.421 e. The van der Waals surface area contributed by atoms with E-state index in [1.165, 1.54) is 13.4 Å². The highest BCUT2D eigenvalue weighted by atomic mass is 19.4. The zero-order valence-corrected chi connectivity index (χ0v) is 15.0. The van der Waals surface area contributed by atoms with E-state index in [2.05, 4.69) is 40.9 Å². The topological polar surface area (TPSA) is 109 Å². The zero-order valence-electron chi connectivity index (χ0n) is 15.0. The minimum Gasteiger partial charge on any atom is -0.372 e. The molecule has 0 amide bonds. The van der Waals surface area contributed by atoms with Gasteiger partial charge in [0.05, 0.1) is 11.4 Å². The molecule has 3 aromatic rings. The van der Waals surface area contributed by atoms with E-state index in [1.54, 1.807) is 17.8 Å². The highest BCUT2D eigenvalue weighted by molar-refractivity contribution is 5.58. The van der Waals surface area contributed by atoms with Gasteiger partial charge >= 0.3 is 6.18 Å². The average molecular weight is 381 g/mol. The molecule has 9 nitrogen and oxygen atoms in total. The van der Waals surface area contributed by atoms with Crippen molar-refractivity contribution in [3.8, 4) is 0 Å². The molecule has 3 N–H and O–H groups in total. The number of aryl methyl sites for hydroxylation is 1. The van der Waals surface area contributed by atoms with Crippen molar-refractivity contribution < 1.29 is 13.2 Å². The van der Waals surface area contributed by atoms with Crippen molar-refractivity contribution in [3.63, 3.8) is 0 Å². The van der Waals surface area contributed by atoms with Gasteiger partial charge in [-0.25, -0.2) is 9.97 Å². The molecule has 0 atom stereocenters. The molecule has 0 spiro atoms. The quantitative estimate of drug-likeness (QED) is 0.623. The van der Waals surface area contributed by atoms with Crippen LogP contribution in [0.5, 0.6) is 0 Å². The van der Waals surface area contributed by atoms with Gasteiger partial charge in [-0.2, -0.15) is 28.4 Å². The summed E-state index contributed by atoms with van der Waals surface area (Å²) in [5.74, 6) is 0.319. The summed E-state index contributed by atoms with van der Waals surface area (Å²) in [6.45, 7) is 5.56. The molecule has 3 rings (SSSR count). The zero-order chi connectivity index (χ0) is 19.8. The molecular weight excluding hydrogens is 363 g/mol. The Bertz CT molecular complexity index is 929. The Morgan fingerprint density at radius 2 is 1.93 bits per heavy atom. The van der Waals surface area contributed by atoms with E-state index >= 15 is 0 Å². The second kappa shape index (κ2) is 6.52. The van der Waals surface area contributed by atoms with E-state index in [4.69, 9.17) is 0 Å². The van der Waals surface area contributed by atoms with Crippen molar-refractivity contribution >= 4 is 17.5 Å². The number of hydrogen-bond donors (Lipinski definition) is 3. The van der Waals surface area contributed by atoms with Crippen LogP contribution in [-0.4, -0.2) is 42.0 Å². The van der Waals surface area contributed by atoms with Gasteiger partial charge in [-0.05, 0) is 20.8 Å². The van der Waals surface area contributed by atoms with Gasteiger partial charge in [0.15, 0.2) is 5.82 Å². The molecule has 3 heterocycles. The average Bonchev–Trinajstić information content (AvgIpc) is 3.25. The molecule has 0 unspecified atom stereocenters. The van der Waals surface area contributed by atoms with E-state index in [0.29, 0.717) is 17.2 Å². The van der Waals surface area contributed by atoms with Crippen LogP contribution in [0.2, 0.25) is 0 Å². The molecule has 0 aromatic carbocycles. The lowest BCUT2D eigenvalue weighted by Crippen LogP contribution is -2.29. The number of halogens is 3. The predicted octanol–water partition coefficient (Wildman–Crippen LogP) is 2.69. The number of nitrogens with one attached hydrogen (secondary N) is 3. The summed E-state index contributed by atoms with van der Waals surface area (Å²) in [5, 5.41) is 16.4. The fraction of sp³-hybridized carbons (Fsp3) is 0.400. The number of hydrogen-bond acceptors (Lipinski definition) is 7. The van der Waals surface area contributed by atoms with Crippen molar-refractivity contribution in [2.45, 2.75) is 32.5 Å². The van der Waals surface area contributed by atoms with E-state index in [9.17, 15) is 13.2 Å². The Labute approximate surface area is 152 Å². The normalized spacial score (nSPS) is 12.3. The summed E-state index contributed by atoms with van der Waals surface area (Å²) < 4.78 is 40.6. The number of alkyl halides is 3. The van der Waals surface area contributed by atoms with Crippen molar-refractivity contribution in [3.05, 3.63) is 35.8 Å². The maximum absolute atomic E-state index is 13.0. The highest BCUT2D eigenvalue weighted by Crippen LogP contribution is 2.34. The Morgan fingerprint density at radius 1 is 1.19 bits per heavy atom. The monoisotopic (exact) mass is 381 g/mol. The van der Waals surface area contributed by atoms with Crippen LogP contribution in [0.25, 0.3) is 0 Å². The van der Waals surface area contributed by atoms with Crippen LogP contribution in [0.15, 0.2) is 18.7 Å². The molecule has 27 heavy (non-hydrogen) atoms. The third-order valence-corrected chi connectivity index (χ3v) is 4.04. The molecule has 0 saturated carbocycles. The van der Waals surface area contributed by atoms with Crippen LogP contribution in [0.3, 0.4) is 0 Å². The number of aromatic amines is 1. The summed E-state index contributed by atoms with van der Waals surface area (Å²) in [7, 11) is 1.37. The van der Waals surface area contributed by atoms with E-state index in [1.807, 2.05) is 13.8 Å². The molecule has 144 valence electrons. The number of rotatable bonds is 5. The fourth-order valence-corrected chi connectivity index (χ4v) is 2.44. The molecule has 3 aromatic heterocycles. The molecule has 0 aliphatic rings. The molecule has 0 saturated heterocycles. The first-order valence-corrected chi connectivity index (χ1v) is 7.94. The Kier molecular flexibility index (Phi) is 4.49. The predicted molar refractivity (Wildman–Crippen MR) is 91.6 cm³/mol. The molecule has 0 bridgehead atoms. The number of anilines is 3. The second-order valence-corrected chi connectivity index (χ2v) is 6.29. The lowest BCUT2D eigenvalue weighted by atomic mass is 10.1. The van der Waals surface area contributed by atoms with Crippen molar-refractivity contribution in [1.29, 1.82) is 0 Å². The second-order valence-electron chi connectivity index (χ2n) is 6.29. The molecule has 0 fully saturated rings. The van der Waals surface area contributed by atoms with Crippen molar-refractivity contribution in [2.75, 3.05) is 17.7 Å².